The van der Waals surface area contributed by atoms with E-state index in [-0.39, 0.29) is 13.2 Å². The zero-order valence-corrected chi connectivity index (χ0v) is 19.4. The van der Waals surface area contributed by atoms with E-state index in [1.165, 1.54) is 11.3 Å². The number of ether oxygens (including phenoxy) is 1. The molecule has 0 radical (unpaired) electrons. The average molecular weight is 485 g/mol. The molecule has 5 nitrogen and oxygen atoms in total. The summed E-state index contributed by atoms with van der Waals surface area (Å²) in [5, 5.41) is 0.648. The van der Waals surface area contributed by atoms with Gasteiger partial charge in [-0.05, 0) is 42.3 Å². The van der Waals surface area contributed by atoms with Gasteiger partial charge in [0, 0.05) is 5.56 Å². The smallest absolute Gasteiger partial charge is 0.326 e. The van der Waals surface area contributed by atoms with Gasteiger partial charge in [0.15, 0.2) is 4.80 Å². The largest absolute Gasteiger partial charge is 0.465 e. The third kappa shape index (κ3) is 4.63. The van der Waals surface area contributed by atoms with Crippen LogP contribution in [0.5, 0.6) is 0 Å². The minimum Gasteiger partial charge on any atom is -0.465 e. The van der Waals surface area contributed by atoms with Crippen molar-refractivity contribution in [1.82, 2.24) is 4.57 Å². The van der Waals surface area contributed by atoms with E-state index < -0.39 is 11.9 Å². The minimum absolute atomic E-state index is 0.132. The molecule has 1 amide bonds. The normalized spacial score (nSPS) is 11.7. The van der Waals surface area contributed by atoms with E-state index in [0.29, 0.717) is 25.9 Å². The van der Waals surface area contributed by atoms with Gasteiger partial charge in [-0.15, -0.1) is 0 Å². The fourth-order valence-corrected chi connectivity index (χ4v) is 4.77. The molecule has 32 heavy (non-hydrogen) atoms. The lowest BCUT2D eigenvalue weighted by Gasteiger charge is -2.07. The number of halogens is 2. The summed E-state index contributed by atoms with van der Waals surface area (Å²) in [7, 11) is 0. The maximum atomic E-state index is 12.9. The summed E-state index contributed by atoms with van der Waals surface area (Å²) in [6.45, 7) is 1.84. The van der Waals surface area contributed by atoms with E-state index in [1.807, 2.05) is 42.5 Å². The van der Waals surface area contributed by atoms with Crippen LogP contribution < -0.4 is 4.80 Å². The Balaban J connectivity index is 1.75. The van der Waals surface area contributed by atoms with Gasteiger partial charge < -0.3 is 9.30 Å². The Hall–Kier alpha value is -2.93. The van der Waals surface area contributed by atoms with Gasteiger partial charge in [0.05, 0.1) is 26.9 Å². The van der Waals surface area contributed by atoms with Crippen LogP contribution in [0.1, 0.15) is 17.3 Å². The lowest BCUT2D eigenvalue weighted by Crippen LogP contribution is -2.23. The van der Waals surface area contributed by atoms with Gasteiger partial charge in [-0.25, -0.2) is 0 Å². The number of nitrogens with zero attached hydrogens (tertiary/aromatic N) is 2. The van der Waals surface area contributed by atoms with Crippen molar-refractivity contribution < 1.29 is 14.3 Å². The molecule has 0 bridgehead atoms. The van der Waals surface area contributed by atoms with Crippen molar-refractivity contribution in [2.24, 2.45) is 4.99 Å². The van der Waals surface area contributed by atoms with Crippen molar-refractivity contribution in [1.29, 1.82) is 0 Å². The number of fused-ring (bicyclic) bond motifs is 1. The van der Waals surface area contributed by atoms with E-state index in [0.717, 1.165) is 15.8 Å². The van der Waals surface area contributed by atoms with Gasteiger partial charge in [-0.2, -0.15) is 4.99 Å². The van der Waals surface area contributed by atoms with Crippen molar-refractivity contribution in [3.05, 3.63) is 87.1 Å². The topological polar surface area (TPSA) is 60.7 Å². The fraction of sp³-hybridized carbons (Fsp3) is 0.125. The predicted octanol–water partition coefficient (Wildman–Crippen LogP) is 5.98. The number of hydrogen-bond donors (Lipinski definition) is 0. The van der Waals surface area contributed by atoms with Crippen LogP contribution in [0.15, 0.2) is 71.7 Å². The summed E-state index contributed by atoms with van der Waals surface area (Å²) < 4.78 is 7.41. The Morgan fingerprint density at radius 3 is 2.34 bits per heavy atom. The molecule has 8 heteroatoms. The maximum absolute atomic E-state index is 12.9. The molecule has 4 rings (SSSR count). The zero-order chi connectivity index (χ0) is 22.7. The molecule has 162 valence electrons. The molecule has 1 aromatic heterocycles. The first kappa shape index (κ1) is 22.3. The second-order valence-corrected chi connectivity index (χ2v) is 8.64. The molecule has 0 fully saturated rings. The first-order valence-electron chi connectivity index (χ1n) is 9.85. The number of esters is 1. The second kappa shape index (κ2) is 9.69. The van der Waals surface area contributed by atoms with Crippen LogP contribution in [-0.4, -0.2) is 23.1 Å². The SMILES string of the molecule is CCOC(=O)Cn1c(=NC(=O)c2ccc(-c3ccccc3)cc2)sc2ccc(Cl)c(Cl)c21. The van der Waals surface area contributed by atoms with Crippen molar-refractivity contribution in [2.45, 2.75) is 13.5 Å². The van der Waals surface area contributed by atoms with Crippen molar-refractivity contribution in [3.63, 3.8) is 0 Å². The number of amides is 1. The van der Waals surface area contributed by atoms with Gasteiger partial charge in [0.25, 0.3) is 5.91 Å². The summed E-state index contributed by atoms with van der Waals surface area (Å²) in [4.78, 5) is 29.7. The molecule has 0 spiro atoms. The van der Waals surface area contributed by atoms with Crippen LogP contribution >= 0.6 is 34.5 Å². The summed E-state index contributed by atoms with van der Waals surface area (Å²) in [6.07, 6.45) is 0. The van der Waals surface area contributed by atoms with E-state index >= 15 is 0 Å². The summed E-state index contributed by atoms with van der Waals surface area (Å²) in [5.74, 6) is -0.875. The maximum Gasteiger partial charge on any atom is 0.326 e. The number of hydrogen-bond acceptors (Lipinski definition) is 4. The third-order valence-corrected chi connectivity index (χ3v) is 6.60. The highest BCUT2D eigenvalue weighted by molar-refractivity contribution is 7.16. The van der Waals surface area contributed by atoms with Gasteiger partial charge in [0.2, 0.25) is 0 Å². The molecule has 3 aromatic carbocycles. The Morgan fingerprint density at radius 1 is 0.969 bits per heavy atom. The number of rotatable bonds is 5. The highest BCUT2D eigenvalue weighted by atomic mass is 35.5. The molecule has 0 aliphatic heterocycles. The monoisotopic (exact) mass is 484 g/mol. The Morgan fingerprint density at radius 2 is 1.66 bits per heavy atom. The molecule has 4 aromatic rings. The summed E-state index contributed by atoms with van der Waals surface area (Å²) >= 11 is 13.8. The van der Waals surface area contributed by atoms with Crippen LogP contribution in [0.2, 0.25) is 10.0 Å². The summed E-state index contributed by atoms with van der Waals surface area (Å²) in [5.41, 5.74) is 3.05. The zero-order valence-electron chi connectivity index (χ0n) is 17.0. The highest BCUT2D eigenvalue weighted by Gasteiger charge is 2.17. The van der Waals surface area contributed by atoms with Crippen molar-refractivity contribution in [3.8, 4) is 11.1 Å². The number of thiazole rings is 1. The van der Waals surface area contributed by atoms with Crippen molar-refractivity contribution in [2.75, 3.05) is 6.61 Å². The number of aromatic nitrogens is 1. The molecular weight excluding hydrogens is 467 g/mol. The molecule has 0 saturated carbocycles. The highest BCUT2D eigenvalue weighted by Crippen LogP contribution is 2.32. The van der Waals surface area contributed by atoms with Gasteiger partial charge >= 0.3 is 5.97 Å². The van der Waals surface area contributed by atoms with Crippen LogP contribution in [0.3, 0.4) is 0 Å². The molecule has 1 heterocycles. The van der Waals surface area contributed by atoms with Gasteiger partial charge in [-0.1, -0.05) is 77.0 Å². The van der Waals surface area contributed by atoms with E-state index in [4.69, 9.17) is 27.9 Å². The fourth-order valence-electron chi connectivity index (χ4n) is 3.26. The van der Waals surface area contributed by atoms with E-state index in [1.54, 1.807) is 35.8 Å². The molecule has 0 atom stereocenters. The minimum atomic E-state index is -0.454. The average Bonchev–Trinajstić information content (AvgIpc) is 3.14. The second-order valence-electron chi connectivity index (χ2n) is 6.84. The van der Waals surface area contributed by atoms with E-state index in [2.05, 4.69) is 4.99 Å². The van der Waals surface area contributed by atoms with Crippen LogP contribution in [0.4, 0.5) is 0 Å². The van der Waals surface area contributed by atoms with Crippen LogP contribution in [0, 0.1) is 0 Å². The van der Waals surface area contributed by atoms with Crippen LogP contribution in [-0.2, 0) is 16.1 Å². The standard InChI is InChI=1S/C24H18Cl2N2O3S/c1-2-31-20(29)14-28-22-19(13-12-18(25)21(22)26)32-24(28)27-23(30)17-10-8-16(9-11-17)15-6-4-3-5-7-15/h3-13H,2,14H2,1H3. The first-order chi connectivity index (χ1) is 15.5. The number of carbonyl (C=O) groups is 2. The van der Waals surface area contributed by atoms with Gasteiger partial charge in [0.1, 0.15) is 6.54 Å². The number of benzene rings is 3. The predicted molar refractivity (Wildman–Crippen MR) is 128 cm³/mol. The van der Waals surface area contributed by atoms with Gasteiger partial charge in [-0.3, -0.25) is 9.59 Å². The molecule has 0 saturated heterocycles. The molecule has 0 aliphatic rings. The number of carbonyl (C=O) groups excluding carboxylic acids is 2. The van der Waals surface area contributed by atoms with Crippen molar-refractivity contribution >= 4 is 56.6 Å². The third-order valence-electron chi connectivity index (χ3n) is 4.76. The Labute approximate surface area is 198 Å². The van der Waals surface area contributed by atoms with E-state index in [9.17, 15) is 9.59 Å². The molecule has 0 N–H and O–H groups in total. The quantitative estimate of drug-likeness (QED) is 0.327. The lowest BCUT2D eigenvalue weighted by molar-refractivity contribution is -0.143. The Kier molecular flexibility index (Phi) is 6.74. The lowest BCUT2D eigenvalue weighted by atomic mass is 10.0. The molecule has 0 unspecified atom stereocenters. The molecule has 0 aliphatic carbocycles. The summed E-state index contributed by atoms with van der Waals surface area (Å²) in [6, 6.07) is 20.6. The Bertz CT molecular complexity index is 1360. The molecular formula is C24H18Cl2N2O3S. The first-order valence-corrected chi connectivity index (χ1v) is 11.4. The van der Waals surface area contributed by atoms with Crippen LogP contribution in [0.25, 0.3) is 21.3 Å².